The Bertz CT molecular complexity index is 607. The van der Waals surface area contributed by atoms with E-state index in [1.807, 2.05) is 45.0 Å². The molecule has 2 rings (SSSR count). The molecule has 7 nitrogen and oxygen atoms in total. The van der Waals surface area contributed by atoms with Crippen LogP contribution in [-0.4, -0.2) is 80.7 Å². The number of guanidine groups is 1. The summed E-state index contributed by atoms with van der Waals surface area (Å²) in [5, 5.41) is 17.2. The van der Waals surface area contributed by atoms with Crippen molar-refractivity contribution >= 4 is 29.9 Å². The molecule has 1 fully saturated rings. The first-order valence-corrected chi connectivity index (χ1v) is 10.2. The third-order valence-electron chi connectivity index (χ3n) is 4.55. The summed E-state index contributed by atoms with van der Waals surface area (Å²) in [5.74, 6) is 1.66. The zero-order valence-electron chi connectivity index (χ0n) is 17.9. The Morgan fingerprint density at radius 2 is 2.00 bits per heavy atom. The van der Waals surface area contributed by atoms with E-state index in [9.17, 15) is 5.11 Å². The minimum Gasteiger partial charge on any atom is -0.493 e. The van der Waals surface area contributed by atoms with Gasteiger partial charge in [0.2, 0.25) is 0 Å². The van der Waals surface area contributed by atoms with Crippen molar-refractivity contribution < 1.29 is 14.6 Å². The number of aryl methyl sites for hydroxylation is 1. The zero-order valence-corrected chi connectivity index (χ0v) is 20.3. The average Bonchev–Trinajstić information content (AvgIpc) is 2.67. The van der Waals surface area contributed by atoms with Crippen LogP contribution in [0.2, 0.25) is 0 Å². The minimum atomic E-state index is -0.867. The highest BCUT2D eigenvalue weighted by Crippen LogP contribution is 2.16. The molecule has 0 aliphatic carbocycles. The van der Waals surface area contributed by atoms with Crippen molar-refractivity contribution in [2.75, 3.05) is 59.1 Å². The summed E-state index contributed by atoms with van der Waals surface area (Å²) < 4.78 is 11.2. The molecule has 8 heteroatoms. The standard InChI is InChI=1S/C21H36N4O3.HI/c1-4-22-20(23-10-7-13-28-19-9-6-5-8-18(19)2)24-16-21(3,26)17-25-11-14-27-15-12-25;/h5-6,8-9,26H,4,7,10-17H2,1-3H3,(H2,22,23,24);1H. The summed E-state index contributed by atoms with van der Waals surface area (Å²) in [6.45, 7) is 12.2. The van der Waals surface area contributed by atoms with Crippen LogP contribution in [0.1, 0.15) is 25.8 Å². The van der Waals surface area contributed by atoms with Crippen LogP contribution in [0.15, 0.2) is 29.3 Å². The first-order valence-electron chi connectivity index (χ1n) is 10.2. The highest BCUT2D eigenvalue weighted by atomic mass is 127. The third kappa shape index (κ3) is 10.5. The van der Waals surface area contributed by atoms with Gasteiger partial charge in [0, 0.05) is 32.7 Å². The molecule has 0 spiro atoms. The first-order chi connectivity index (χ1) is 13.5. The molecular formula is C21H37IN4O3. The van der Waals surface area contributed by atoms with E-state index >= 15 is 0 Å². The molecule has 1 heterocycles. The van der Waals surface area contributed by atoms with Gasteiger partial charge in [-0.3, -0.25) is 9.89 Å². The molecule has 1 aromatic carbocycles. The molecule has 0 saturated carbocycles. The van der Waals surface area contributed by atoms with Gasteiger partial charge in [0.15, 0.2) is 5.96 Å². The molecule has 3 N–H and O–H groups in total. The van der Waals surface area contributed by atoms with Crippen LogP contribution in [0.25, 0.3) is 0 Å². The largest absolute Gasteiger partial charge is 0.493 e. The maximum Gasteiger partial charge on any atom is 0.191 e. The van der Waals surface area contributed by atoms with Crippen LogP contribution in [0.3, 0.4) is 0 Å². The Morgan fingerprint density at radius 1 is 1.28 bits per heavy atom. The van der Waals surface area contributed by atoms with E-state index in [1.54, 1.807) is 0 Å². The van der Waals surface area contributed by atoms with E-state index in [1.165, 1.54) is 0 Å². The summed E-state index contributed by atoms with van der Waals surface area (Å²) in [6, 6.07) is 8.04. The number of morpholine rings is 1. The van der Waals surface area contributed by atoms with E-state index in [2.05, 4.69) is 20.5 Å². The summed E-state index contributed by atoms with van der Waals surface area (Å²) in [4.78, 5) is 6.79. The lowest BCUT2D eigenvalue weighted by Gasteiger charge is -2.33. The fourth-order valence-electron chi connectivity index (χ4n) is 3.06. The average molecular weight is 520 g/mol. The minimum absolute atomic E-state index is 0. The van der Waals surface area contributed by atoms with Crippen molar-refractivity contribution in [3.05, 3.63) is 29.8 Å². The summed E-state index contributed by atoms with van der Waals surface area (Å²) in [7, 11) is 0. The molecule has 166 valence electrons. The Kier molecular flexibility index (Phi) is 12.5. The van der Waals surface area contributed by atoms with Crippen molar-refractivity contribution in [3.63, 3.8) is 0 Å². The fraction of sp³-hybridized carbons (Fsp3) is 0.667. The predicted molar refractivity (Wildman–Crippen MR) is 129 cm³/mol. The number of β-amino-alcohol motifs (C(OH)–C–C–N with tert-alkyl or cyclic N) is 1. The van der Waals surface area contributed by atoms with E-state index in [0.29, 0.717) is 19.7 Å². The number of rotatable bonds is 10. The van der Waals surface area contributed by atoms with Crippen molar-refractivity contribution in [2.45, 2.75) is 32.8 Å². The molecular weight excluding hydrogens is 483 g/mol. The third-order valence-corrected chi connectivity index (χ3v) is 4.55. The predicted octanol–water partition coefficient (Wildman–Crippen LogP) is 2.02. The van der Waals surface area contributed by atoms with Gasteiger partial charge in [0.1, 0.15) is 5.75 Å². The van der Waals surface area contributed by atoms with Gasteiger partial charge in [-0.15, -0.1) is 24.0 Å². The van der Waals surface area contributed by atoms with Crippen molar-refractivity contribution in [3.8, 4) is 5.75 Å². The summed E-state index contributed by atoms with van der Waals surface area (Å²) in [5.41, 5.74) is 0.279. The molecule has 0 radical (unpaired) electrons. The number of ether oxygens (including phenoxy) is 2. The fourth-order valence-corrected chi connectivity index (χ4v) is 3.06. The molecule has 1 aromatic rings. The molecule has 1 saturated heterocycles. The molecule has 1 aliphatic heterocycles. The number of nitrogens with one attached hydrogen (secondary N) is 2. The molecule has 0 amide bonds. The smallest absolute Gasteiger partial charge is 0.191 e. The van der Waals surface area contributed by atoms with Crippen molar-refractivity contribution in [2.24, 2.45) is 4.99 Å². The topological polar surface area (TPSA) is 78.4 Å². The number of aliphatic hydroxyl groups is 1. The number of halogens is 1. The van der Waals surface area contributed by atoms with Crippen LogP contribution in [0.4, 0.5) is 0 Å². The second-order valence-corrected chi connectivity index (χ2v) is 7.47. The number of para-hydroxylation sites is 1. The van der Waals surface area contributed by atoms with Gasteiger partial charge in [-0.2, -0.15) is 0 Å². The molecule has 29 heavy (non-hydrogen) atoms. The van der Waals surface area contributed by atoms with Crippen LogP contribution in [0.5, 0.6) is 5.75 Å². The van der Waals surface area contributed by atoms with Crippen LogP contribution >= 0.6 is 24.0 Å². The molecule has 1 aliphatic rings. The van der Waals surface area contributed by atoms with E-state index < -0.39 is 5.60 Å². The van der Waals surface area contributed by atoms with Gasteiger partial charge >= 0.3 is 0 Å². The lowest BCUT2D eigenvalue weighted by Crippen LogP contribution is -2.48. The van der Waals surface area contributed by atoms with Gasteiger partial charge in [-0.25, -0.2) is 0 Å². The highest BCUT2D eigenvalue weighted by Gasteiger charge is 2.25. The normalized spacial score (nSPS) is 17.2. The molecule has 1 unspecified atom stereocenters. The monoisotopic (exact) mass is 520 g/mol. The van der Waals surface area contributed by atoms with Gasteiger partial charge in [0.05, 0.1) is 32.0 Å². The number of hydrogen-bond acceptors (Lipinski definition) is 5. The second-order valence-electron chi connectivity index (χ2n) is 7.47. The summed E-state index contributed by atoms with van der Waals surface area (Å²) >= 11 is 0. The number of benzene rings is 1. The van der Waals surface area contributed by atoms with E-state index in [-0.39, 0.29) is 24.0 Å². The Hall–Kier alpha value is -1.10. The van der Waals surface area contributed by atoms with Gasteiger partial charge in [-0.1, -0.05) is 18.2 Å². The quantitative estimate of drug-likeness (QED) is 0.190. The van der Waals surface area contributed by atoms with Crippen LogP contribution in [0, 0.1) is 6.92 Å². The number of aliphatic imine (C=N–C) groups is 1. The Balaban J connectivity index is 0.00000420. The van der Waals surface area contributed by atoms with Gasteiger partial charge < -0.3 is 25.2 Å². The van der Waals surface area contributed by atoms with Crippen LogP contribution < -0.4 is 15.4 Å². The second kappa shape index (κ2) is 14.0. The lowest BCUT2D eigenvalue weighted by molar-refractivity contribution is -0.0180. The van der Waals surface area contributed by atoms with Gasteiger partial charge in [0.25, 0.3) is 0 Å². The zero-order chi connectivity index (χ0) is 20.2. The molecule has 1 atom stereocenters. The number of hydrogen-bond donors (Lipinski definition) is 3. The van der Waals surface area contributed by atoms with Crippen molar-refractivity contribution in [1.29, 1.82) is 0 Å². The molecule has 0 bridgehead atoms. The lowest BCUT2D eigenvalue weighted by atomic mass is 10.1. The SMILES string of the molecule is CCNC(=NCC(C)(O)CN1CCOCC1)NCCCOc1ccccc1C.I. The van der Waals surface area contributed by atoms with Gasteiger partial charge in [-0.05, 0) is 38.8 Å². The Morgan fingerprint density at radius 3 is 2.69 bits per heavy atom. The van der Waals surface area contributed by atoms with E-state index in [0.717, 1.165) is 63.1 Å². The summed E-state index contributed by atoms with van der Waals surface area (Å²) in [6.07, 6.45) is 0.864. The van der Waals surface area contributed by atoms with E-state index in [4.69, 9.17) is 9.47 Å². The molecule has 0 aromatic heterocycles. The maximum absolute atomic E-state index is 10.7. The number of nitrogens with zero attached hydrogens (tertiary/aromatic N) is 2. The van der Waals surface area contributed by atoms with Crippen molar-refractivity contribution in [1.82, 2.24) is 15.5 Å². The first kappa shape index (κ1) is 25.9. The van der Waals surface area contributed by atoms with Crippen LogP contribution in [-0.2, 0) is 4.74 Å². The highest BCUT2D eigenvalue weighted by molar-refractivity contribution is 14.0. The Labute approximate surface area is 192 Å². The maximum atomic E-state index is 10.7.